The SMILES string of the molecule is CC(C)(C)OC(=O)N1CCN2C(=N)c3c(cc(Br)c(F)c3NN)OCCC2C1. The summed E-state index contributed by atoms with van der Waals surface area (Å²) in [5, 5.41) is 8.69. The first kappa shape index (κ1) is 20.7. The number of ether oxygens (including phenoxy) is 2. The molecule has 10 heteroatoms. The number of anilines is 1. The van der Waals surface area contributed by atoms with Crippen LogP contribution in [0.25, 0.3) is 0 Å². The Morgan fingerprint density at radius 2 is 2.18 bits per heavy atom. The summed E-state index contributed by atoms with van der Waals surface area (Å²) in [5.41, 5.74) is 2.06. The van der Waals surface area contributed by atoms with Crippen molar-refractivity contribution in [1.82, 2.24) is 9.80 Å². The van der Waals surface area contributed by atoms with Crippen molar-refractivity contribution in [1.29, 1.82) is 5.41 Å². The standard InChI is InChI=1S/C18H25BrFN5O3/c1-18(2,3)28-17(26)24-5-6-25-10(9-24)4-7-27-12-8-11(19)14(20)15(23-22)13(12)16(25)21/h8,10,21,23H,4-7,9,22H2,1-3H3. The number of amides is 1. The van der Waals surface area contributed by atoms with Crippen LogP contribution in [-0.4, -0.2) is 59.6 Å². The fourth-order valence-corrected chi connectivity index (χ4v) is 3.83. The first-order valence-electron chi connectivity index (χ1n) is 9.07. The summed E-state index contributed by atoms with van der Waals surface area (Å²) in [6, 6.07) is 1.37. The molecule has 8 nitrogen and oxygen atoms in total. The number of fused-ring (bicyclic) bond motifs is 2. The molecule has 1 unspecified atom stereocenters. The van der Waals surface area contributed by atoms with Gasteiger partial charge in [0, 0.05) is 26.1 Å². The predicted octanol–water partition coefficient (Wildman–Crippen LogP) is 2.90. The zero-order chi connectivity index (χ0) is 20.6. The highest BCUT2D eigenvalue weighted by Crippen LogP contribution is 2.37. The lowest BCUT2D eigenvalue weighted by Gasteiger charge is -2.44. The van der Waals surface area contributed by atoms with Crippen LogP contribution in [0.4, 0.5) is 14.9 Å². The largest absolute Gasteiger partial charge is 0.493 e. The minimum absolute atomic E-state index is 0.00426. The average molecular weight is 458 g/mol. The van der Waals surface area contributed by atoms with Crippen molar-refractivity contribution in [3.63, 3.8) is 0 Å². The van der Waals surface area contributed by atoms with E-state index in [0.717, 1.165) is 0 Å². The molecule has 1 fully saturated rings. The number of carbonyl (C=O) groups excluding carboxylic acids is 1. The summed E-state index contributed by atoms with van der Waals surface area (Å²) >= 11 is 3.15. The van der Waals surface area contributed by atoms with Gasteiger partial charge in [-0.15, -0.1) is 0 Å². The number of nitrogens with one attached hydrogen (secondary N) is 2. The van der Waals surface area contributed by atoms with Gasteiger partial charge >= 0.3 is 6.09 Å². The molecular formula is C18H25BrFN5O3. The highest BCUT2D eigenvalue weighted by atomic mass is 79.9. The van der Waals surface area contributed by atoms with Crippen molar-refractivity contribution in [2.24, 2.45) is 5.84 Å². The lowest BCUT2D eigenvalue weighted by atomic mass is 10.0. The predicted molar refractivity (Wildman–Crippen MR) is 107 cm³/mol. The van der Waals surface area contributed by atoms with Crippen LogP contribution in [0.5, 0.6) is 5.75 Å². The van der Waals surface area contributed by atoms with Gasteiger partial charge in [0.15, 0.2) is 5.82 Å². The molecule has 28 heavy (non-hydrogen) atoms. The monoisotopic (exact) mass is 457 g/mol. The molecule has 1 aromatic carbocycles. The molecule has 2 aliphatic rings. The van der Waals surface area contributed by atoms with E-state index in [1.165, 1.54) is 6.07 Å². The fraction of sp³-hybridized carbons (Fsp3) is 0.556. The van der Waals surface area contributed by atoms with E-state index in [9.17, 15) is 9.18 Å². The van der Waals surface area contributed by atoms with Gasteiger partial charge in [0.2, 0.25) is 0 Å². The Bertz CT molecular complexity index is 798. The molecule has 154 valence electrons. The Morgan fingerprint density at radius 1 is 1.46 bits per heavy atom. The highest BCUT2D eigenvalue weighted by molar-refractivity contribution is 9.10. The number of nitrogens with two attached hydrogens (primary N) is 1. The number of halogens is 2. The van der Waals surface area contributed by atoms with Crippen molar-refractivity contribution in [2.45, 2.75) is 38.8 Å². The molecule has 1 atom stereocenters. The first-order chi connectivity index (χ1) is 13.1. The maximum absolute atomic E-state index is 14.5. The molecule has 1 saturated heterocycles. The van der Waals surface area contributed by atoms with E-state index >= 15 is 0 Å². The summed E-state index contributed by atoms with van der Waals surface area (Å²) in [4.78, 5) is 15.9. The Hall–Kier alpha value is -2.07. The Kier molecular flexibility index (Phi) is 5.72. The van der Waals surface area contributed by atoms with Gasteiger partial charge in [0.1, 0.15) is 22.9 Å². The molecule has 0 radical (unpaired) electrons. The summed E-state index contributed by atoms with van der Waals surface area (Å²) in [7, 11) is 0. The highest BCUT2D eigenvalue weighted by Gasteiger charge is 2.36. The van der Waals surface area contributed by atoms with Crippen molar-refractivity contribution >= 4 is 33.5 Å². The molecule has 0 bridgehead atoms. The van der Waals surface area contributed by atoms with E-state index in [1.54, 1.807) is 4.90 Å². The average Bonchev–Trinajstić information content (AvgIpc) is 2.61. The zero-order valence-corrected chi connectivity index (χ0v) is 17.7. The van der Waals surface area contributed by atoms with E-state index in [2.05, 4.69) is 21.4 Å². The minimum atomic E-state index is -0.584. The lowest BCUT2D eigenvalue weighted by molar-refractivity contribution is 0.0102. The Labute approximate surface area is 171 Å². The van der Waals surface area contributed by atoms with Crippen LogP contribution < -0.4 is 16.0 Å². The summed E-state index contributed by atoms with van der Waals surface area (Å²) in [5.74, 6) is 5.45. The lowest BCUT2D eigenvalue weighted by Crippen LogP contribution is -2.58. The van der Waals surface area contributed by atoms with E-state index in [4.69, 9.17) is 20.7 Å². The third-order valence-electron chi connectivity index (χ3n) is 4.69. The van der Waals surface area contributed by atoms with Gasteiger partial charge in [-0.05, 0) is 42.8 Å². The quantitative estimate of drug-likeness (QED) is 0.442. The van der Waals surface area contributed by atoms with Crippen LogP contribution in [0.3, 0.4) is 0 Å². The van der Waals surface area contributed by atoms with E-state index in [0.29, 0.717) is 38.4 Å². The molecule has 0 spiro atoms. The second-order valence-electron chi connectivity index (χ2n) is 7.82. The fourth-order valence-electron chi connectivity index (χ4n) is 3.43. The number of hydrogen-bond acceptors (Lipinski definition) is 6. The molecule has 4 N–H and O–H groups in total. The second kappa shape index (κ2) is 7.75. The maximum atomic E-state index is 14.5. The first-order valence-corrected chi connectivity index (χ1v) is 9.86. The van der Waals surface area contributed by atoms with Crippen LogP contribution in [0.1, 0.15) is 32.8 Å². The topological polar surface area (TPSA) is 104 Å². The molecule has 2 aliphatic heterocycles. The molecule has 0 aliphatic carbocycles. The normalized spacial score (nSPS) is 19.8. The Balaban J connectivity index is 1.87. The van der Waals surface area contributed by atoms with E-state index in [-0.39, 0.29) is 33.7 Å². The number of rotatable bonds is 1. The van der Waals surface area contributed by atoms with Crippen LogP contribution in [0.15, 0.2) is 10.5 Å². The van der Waals surface area contributed by atoms with E-state index < -0.39 is 11.4 Å². The van der Waals surface area contributed by atoms with Gasteiger partial charge in [-0.25, -0.2) is 9.18 Å². The number of piperazine rings is 1. The van der Waals surface area contributed by atoms with Crippen molar-refractivity contribution in [2.75, 3.05) is 31.7 Å². The Morgan fingerprint density at radius 3 is 2.82 bits per heavy atom. The van der Waals surface area contributed by atoms with Crippen molar-refractivity contribution in [3.05, 3.63) is 21.9 Å². The third-order valence-corrected chi connectivity index (χ3v) is 5.27. The van der Waals surface area contributed by atoms with Crippen LogP contribution in [0.2, 0.25) is 0 Å². The summed E-state index contributed by atoms with van der Waals surface area (Å²) in [6.07, 6.45) is 0.239. The molecular weight excluding hydrogens is 433 g/mol. The number of nitrogens with zero attached hydrogens (tertiary/aromatic N) is 2. The summed E-state index contributed by atoms with van der Waals surface area (Å²) in [6.45, 7) is 7.09. The number of hydrazine groups is 1. The molecule has 2 heterocycles. The van der Waals surface area contributed by atoms with Crippen LogP contribution in [-0.2, 0) is 4.74 Å². The summed E-state index contributed by atoms with van der Waals surface area (Å²) < 4.78 is 26.0. The number of amidine groups is 1. The van der Waals surface area contributed by atoms with Gasteiger partial charge < -0.3 is 24.7 Å². The second-order valence-corrected chi connectivity index (χ2v) is 8.68. The molecule has 0 aromatic heterocycles. The molecule has 1 aromatic rings. The van der Waals surface area contributed by atoms with Crippen molar-refractivity contribution in [3.8, 4) is 5.75 Å². The molecule has 0 saturated carbocycles. The number of hydrogen-bond donors (Lipinski definition) is 3. The van der Waals surface area contributed by atoms with Crippen LogP contribution in [0, 0.1) is 11.2 Å². The number of benzene rings is 1. The maximum Gasteiger partial charge on any atom is 0.410 e. The third kappa shape index (κ3) is 4.02. The van der Waals surface area contributed by atoms with Gasteiger partial charge in [0.25, 0.3) is 0 Å². The zero-order valence-electron chi connectivity index (χ0n) is 16.1. The molecule has 3 rings (SSSR count). The van der Waals surface area contributed by atoms with Crippen LogP contribution >= 0.6 is 15.9 Å². The smallest absolute Gasteiger partial charge is 0.410 e. The minimum Gasteiger partial charge on any atom is -0.493 e. The van der Waals surface area contributed by atoms with Gasteiger partial charge in [-0.2, -0.15) is 0 Å². The number of nitrogen functional groups attached to an aromatic ring is 1. The number of carbonyl (C=O) groups is 1. The van der Waals surface area contributed by atoms with Gasteiger partial charge in [0.05, 0.1) is 22.7 Å². The van der Waals surface area contributed by atoms with Gasteiger partial charge in [-0.3, -0.25) is 11.3 Å². The van der Waals surface area contributed by atoms with Crippen molar-refractivity contribution < 1.29 is 18.7 Å². The van der Waals surface area contributed by atoms with E-state index in [1.807, 2.05) is 25.7 Å². The van der Waals surface area contributed by atoms with Gasteiger partial charge in [-0.1, -0.05) is 0 Å². The molecule has 1 amide bonds.